The first-order valence-electron chi connectivity index (χ1n) is 10.0. The summed E-state index contributed by atoms with van der Waals surface area (Å²) in [5, 5.41) is 2.75. The number of aromatic nitrogens is 1. The van der Waals surface area contributed by atoms with Crippen molar-refractivity contribution < 1.29 is 14.3 Å². The molecule has 2 aliphatic rings. The molecule has 0 bridgehead atoms. The van der Waals surface area contributed by atoms with Crippen LogP contribution in [-0.2, 0) is 20.9 Å². The Balaban J connectivity index is 1.56. The van der Waals surface area contributed by atoms with Crippen LogP contribution in [0, 0.1) is 5.92 Å². The third-order valence-electron chi connectivity index (χ3n) is 5.85. The molecule has 3 atom stereocenters. The minimum atomic E-state index is -0.659. The maximum absolute atomic E-state index is 13.1. The summed E-state index contributed by atoms with van der Waals surface area (Å²) in [4.78, 5) is 31.8. The molecule has 3 heterocycles. The zero-order valence-corrected chi connectivity index (χ0v) is 16.7. The van der Waals surface area contributed by atoms with Gasteiger partial charge in [0.05, 0.1) is 30.6 Å². The summed E-state index contributed by atoms with van der Waals surface area (Å²) in [6, 6.07) is 9.79. The summed E-state index contributed by atoms with van der Waals surface area (Å²) in [5.41, 5.74) is 9.07. The molecule has 152 valence electrons. The molecule has 3 N–H and O–H groups in total. The van der Waals surface area contributed by atoms with Gasteiger partial charge in [0.15, 0.2) is 0 Å². The molecule has 2 amide bonds. The van der Waals surface area contributed by atoms with Crippen molar-refractivity contribution in [3.05, 3.63) is 53.2 Å². The first-order chi connectivity index (χ1) is 14.0. The van der Waals surface area contributed by atoms with E-state index in [4.69, 9.17) is 10.5 Å². The predicted molar refractivity (Wildman–Crippen MR) is 110 cm³/mol. The van der Waals surface area contributed by atoms with Crippen LogP contribution >= 0.6 is 0 Å². The Morgan fingerprint density at radius 2 is 1.97 bits per heavy atom. The van der Waals surface area contributed by atoms with Gasteiger partial charge in [-0.05, 0) is 31.2 Å². The highest BCUT2D eigenvalue weighted by molar-refractivity contribution is 6.39. The summed E-state index contributed by atoms with van der Waals surface area (Å²) >= 11 is 0. The molecular weight excluding hydrogens is 368 g/mol. The van der Waals surface area contributed by atoms with Crippen LogP contribution in [0.1, 0.15) is 55.5 Å². The van der Waals surface area contributed by atoms with Crippen molar-refractivity contribution in [1.29, 1.82) is 0 Å². The molecule has 4 rings (SSSR count). The molecule has 1 aromatic carbocycles. The van der Waals surface area contributed by atoms with E-state index in [1.165, 1.54) is 6.20 Å². The van der Waals surface area contributed by atoms with Gasteiger partial charge >= 0.3 is 11.8 Å². The van der Waals surface area contributed by atoms with Gasteiger partial charge in [-0.2, -0.15) is 0 Å². The van der Waals surface area contributed by atoms with E-state index in [-0.39, 0.29) is 12.1 Å². The molecule has 7 nitrogen and oxygen atoms in total. The number of carbonyl (C=O) groups is 2. The predicted octanol–water partition coefficient (Wildman–Crippen LogP) is 3.19. The summed E-state index contributed by atoms with van der Waals surface area (Å²) in [7, 11) is 0. The number of nitrogen functional groups attached to an aromatic ring is 1. The number of fused-ring (bicyclic) bond motifs is 1. The number of piperidine rings is 1. The van der Waals surface area contributed by atoms with E-state index < -0.39 is 11.8 Å². The van der Waals surface area contributed by atoms with Gasteiger partial charge < -0.3 is 20.7 Å². The van der Waals surface area contributed by atoms with Crippen LogP contribution in [-0.4, -0.2) is 28.2 Å². The van der Waals surface area contributed by atoms with E-state index in [2.05, 4.69) is 17.2 Å². The van der Waals surface area contributed by atoms with Gasteiger partial charge in [0.1, 0.15) is 5.82 Å². The minimum Gasteiger partial charge on any atom is -0.383 e. The Labute approximate surface area is 170 Å². The number of benzene rings is 1. The molecule has 1 fully saturated rings. The highest BCUT2D eigenvalue weighted by Crippen LogP contribution is 2.38. The van der Waals surface area contributed by atoms with E-state index in [0.29, 0.717) is 30.6 Å². The molecule has 0 unspecified atom stereocenters. The quantitative estimate of drug-likeness (QED) is 0.763. The SMILES string of the molecule is C[C@H]1CC[C@H](c2ccccc2)N(C(=O)C(=O)Nc2cnc(N)c3c2CO[C@H]3C)C1. The van der Waals surface area contributed by atoms with Crippen LogP contribution in [0.2, 0.25) is 0 Å². The van der Waals surface area contributed by atoms with Gasteiger partial charge in [-0.3, -0.25) is 9.59 Å². The standard InChI is InChI=1S/C22H26N4O3/c1-13-8-9-18(15-6-4-3-5-7-15)26(11-13)22(28)21(27)25-17-10-24-20(23)19-14(2)29-12-16(17)19/h3-7,10,13-14,18H,8-9,11-12H2,1-2H3,(H2,23,24)(H,25,27)/t13-,14-,18+/m0/s1. The van der Waals surface area contributed by atoms with Crippen LogP contribution in [0.3, 0.4) is 0 Å². The van der Waals surface area contributed by atoms with Crippen LogP contribution < -0.4 is 11.1 Å². The topological polar surface area (TPSA) is 97.6 Å². The van der Waals surface area contributed by atoms with Crippen molar-refractivity contribution in [2.75, 3.05) is 17.6 Å². The number of nitrogens with zero attached hydrogens (tertiary/aromatic N) is 2. The van der Waals surface area contributed by atoms with Crippen LogP contribution in [0.25, 0.3) is 0 Å². The number of anilines is 2. The second-order valence-electron chi connectivity index (χ2n) is 7.92. The molecular formula is C22H26N4O3. The van der Waals surface area contributed by atoms with E-state index in [1.807, 2.05) is 37.3 Å². The fraction of sp³-hybridized carbons (Fsp3) is 0.409. The molecule has 1 saturated heterocycles. The second kappa shape index (κ2) is 7.83. The van der Waals surface area contributed by atoms with E-state index in [9.17, 15) is 9.59 Å². The highest BCUT2D eigenvalue weighted by Gasteiger charge is 2.35. The Hall–Kier alpha value is -2.93. The molecule has 0 radical (unpaired) electrons. The van der Waals surface area contributed by atoms with Crippen molar-refractivity contribution in [2.45, 2.75) is 45.4 Å². The lowest BCUT2D eigenvalue weighted by Crippen LogP contribution is -2.46. The van der Waals surface area contributed by atoms with Crippen molar-refractivity contribution >= 4 is 23.3 Å². The highest BCUT2D eigenvalue weighted by atomic mass is 16.5. The maximum Gasteiger partial charge on any atom is 0.313 e. The number of ether oxygens (including phenoxy) is 1. The minimum absolute atomic E-state index is 0.0933. The molecule has 2 aromatic rings. The number of rotatable bonds is 2. The molecule has 2 aliphatic heterocycles. The van der Waals surface area contributed by atoms with Crippen LogP contribution in [0.15, 0.2) is 36.5 Å². The van der Waals surface area contributed by atoms with Gasteiger partial charge in [-0.1, -0.05) is 37.3 Å². The van der Waals surface area contributed by atoms with E-state index in [0.717, 1.165) is 29.5 Å². The van der Waals surface area contributed by atoms with Crippen molar-refractivity contribution in [3.8, 4) is 0 Å². The smallest absolute Gasteiger partial charge is 0.313 e. The Bertz CT molecular complexity index is 931. The average Bonchev–Trinajstić information content (AvgIpc) is 3.13. The van der Waals surface area contributed by atoms with Gasteiger partial charge in [-0.15, -0.1) is 0 Å². The Kier molecular flexibility index (Phi) is 5.24. The van der Waals surface area contributed by atoms with Crippen LogP contribution in [0.5, 0.6) is 0 Å². The zero-order valence-electron chi connectivity index (χ0n) is 16.7. The number of nitrogens with two attached hydrogens (primary N) is 1. The van der Waals surface area contributed by atoms with E-state index >= 15 is 0 Å². The fourth-order valence-corrected chi connectivity index (χ4v) is 4.29. The van der Waals surface area contributed by atoms with Gasteiger partial charge in [0, 0.05) is 17.7 Å². The first kappa shape index (κ1) is 19.4. The number of pyridine rings is 1. The summed E-state index contributed by atoms with van der Waals surface area (Å²) < 4.78 is 5.63. The number of carbonyl (C=O) groups excluding carboxylic acids is 2. The summed E-state index contributed by atoms with van der Waals surface area (Å²) in [5.74, 6) is -0.442. The summed E-state index contributed by atoms with van der Waals surface area (Å²) in [6.07, 6.45) is 3.17. The number of amides is 2. The number of nitrogens with one attached hydrogen (secondary N) is 1. The molecule has 0 saturated carbocycles. The largest absolute Gasteiger partial charge is 0.383 e. The van der Waals surface area contributed by atoms with Crippen molar-refractivity contribution in [1.82, 2.24) is 9.88 Å². The van der Waals surface area contributed by atoms with Crippen molar-refractivity contribution in [3.63, 3.8) is 0 Å². The van der Waals surface area contributed by atoms with Gasteiger partial charge in [0.2, 0.25) is 0 Å². The van der Waals surface area contributed by atoms with Gasteiger partial charge in [0.25, 0.3) is 0 Å². The van der Waals surface area contributed by atoms with Crippen LogP contribution in [0.4, 0.5) is 11.5 Å². The number of likely N-dealkylation sites (tertiary alicyclic amines) is 1. The average molecular weight is 394 g/mol. The Morgan fingerprint density at radius 3 is 2.72 bits per heavy atom. The summed E-state index contributed by atoms with van der Waals surface area (Å²) in [6.45, 7) is 4.89. The fourth-order valence-electron chi connectivity index (χ4n) is 4.29. The number of hydrogen-bond acceptors (Lipinski definition) is 5. The van der Waals surface area contributed by atoms with Crippen molar-refractivity contribution in [2.24, 2.45) is 5.92 Å². The lowest BCUT2D eigenvalue weighted by atomic mass is 9.90. The molecule has 0 aliphatic carbocycles. The molecule has 0 spiro atoms. The third kappa shape index (κ3) is 3.70. The second-order valence-corrected chi connectivity index (χ2v) is 7.92. The third-order valence-corrected chi connectivity index (χ3v) is 5.85. The lowest BCUT2D eigenvalue weighted by molar-refractivity contribution is -0.146. The zero-order chi connectivity index (χ0) is 20.5. The Morgan fingerprint density at radius 1 is 1.21 bits per heavy atom. The first-order valence-corrected chi connectivity index (χ1v) is 10.0. The maximum atomic E-state index is 13.1. The normalized spacial score (nSPS) is 23.5. The van der Waals surface area contributed by atoms with E-state index in [1.54, 1.807) is 4.90 Å². The molecule has 1 aromatic heterocycles. The monoisotopic (exact) mass is 394 g/mol. The number of hydrogen-bond donors (Lipinski definition) is 2. The lowest BCUT2D eigenvalue weighted by Gasteiger charge is -2.38. The molecule has 29 heavy (non-hydrogen) atoms. The van der Waals surface area contributed by atoms with Gasteiger partial charge in [-0.25, -0.2) is 4.98 Å². The molecule has 7 heteroatoms.